The molecule has 1 heterocycles. The van der Waals surface area contributed by atoms with Crippen LogP contribution in [0.3, 0.4) is 0 Å². The minimum Gasteiger partial charge on any atom is -0.506 e. The molecule has 0 spiro atoms. The van der Waals surface area contributed by atoms with Gasteiger partial charge >= 0.3 is 0 Å². The van der Waals surface area contributed by atoms with Crippen molar-refractivity contribution in [2.45, 2.75) is 26.3 Å². The van der Waals surface area contributed by atoms with Crippen LogP contribution in [0, 0.1) is 5.92 Å². The molecule has 112 valence electrons. The third-order valence-electron chi connectivity index (χ3n) is 3.70. The van der Waals surface area contributed by atoms with Crippen LogP contribution in [0.2, 0.25) is 10.0 Å². The van der Waals surface area contributed by atoms with Gasteiger partial charge in [0.15, 0.2) is 0 Å². The third kappa shape index (κ3) is 3.79. The Bertz CT molecular complexity index is 459. The van der Waals surface area contributed by atoms with E-state index in [4.69, 9.17) is 23.2 Å². The maximum Gasteiger partial charge on any atom is 0.139 e. The summed E-state index contributed by atoms with van der Waals surface area (Å²) in [6.45, 7) is 8.28. The van der Waals surface area contributed by atoms with Crippen LogP contribution in [0.25, 0.3) is 0 Å². The molecule has 2 N–H and O–H groups in total. The lowest BCUT2D eigenvalue weighted by molar-refractivity contribution is 0.151. The van der Waals surface area contributed by atoms with Crippen molar-refractivity contribution in [3.63, 3.8) is 0 Å². The van der Waals surface area contributed by atoms with Gasteiger partial charge in [-0.1, -0.05) is 37.0 Å². The number of benzene rings is 1. The average Bonchev–Trinajstić information content (AvgIpc) is 2.41. The van der Waals surface area contributed by atoms with Gasteiger partial charge in [0.05, 0.1) is 5.02 Å². The van der Waals surface area contributed by atoms with Gasteiger partial charge in [-0.25, -0.2) is 0 Å². The summed E-state index contributed by atoms with van der Waals surface area (Å²) >= 11 is 12.2. The van der Waals surface area contributed by atoms with Crippen molar-refractivity contribution in [2.75, 3.05) is 26.2 Å². The highest BCUT2D eigenvalue weighted by atomic mass is 35.5. The molecular formula is C15H22Cl2N2O. The highest BCUT2D eigenvalue weighted by Crippen LogP contribution is 2.39. The molecule has 1 aliphatic rings. The SMILES string of the molecule is CC(C)C[C@@H](c1cc(Cl)cc(Cl)c1O)N1CCNCC1. The van der Waals surface area contributed by atoms with E-state index >= 15 is 0 Å². The molecule has 3 nitrogen and oxygen atoms in total. The van der Waals surface area contributed by atoms with Crippen molar-refractivity contribution >= 4 is 23.2 Å². The van der Waals surface area contributed by atoms with Crippen molar-refractivity contribution in [1.82, 2.24) is 10.2 Å². The smallest absolute Gasteiger partial charge is 0.139 e. The van der Waals surface area contributed by atoms with Crippen LogP contribution in [0.4, 0.5) is 0 Å². The molecule has 0 saturated carbocycles. The van der Waals surface area contributed by atoms with Gasteiger partial charge in [0, 0.05) is 42.8 Å². The van der Waals surface area contributed by atoms with Gasteiger partial charge in [-0.2, -0.15) is 0 Å². The number of hydrogen-bond donors (Lipinski definition) is 2. The van der Waals surface area contributed by atoms with Gasteiger partial charge in [0.1, 0.15) is 5.75 Å². The molecule has 0 radical (unpaired) electrons. The highest BCUT2D eigenvalue weighted by Gasteiger charge is 2.26. The number of hydrogen-bond acceptors (Lipinski definition) is 3. The van der Waals surface area contributed by atoms with E-state index in [1.165, 1.54) is 0 Å². The molecule has 1 fully saturated rings. The van der Waals surface area contributed by atoms with Crippen molar-refractivity contribution in [3.8, 4) is 5.75 Å². The fourth-order valence-electron chi connectivity index (χ4n) is 2.75. The Balaban J connectivity index is 2.34. The molecule has 1 atom stereocenters. The molecule has 0 amide bonds. The van der Waals surface area contributed by atoms with E-state index in [9.17, 15) is 5.11 Å². The number of rotatable bonds is 4. The van der Waals surface area contributed by atoms with Gasteiger partial charge in [0.25, 0.3) is 0 Å². The standard InChI is InChI=1S/C15H22Cl2N2O/c1-10(2)7-14(19-5-3-18-4-6-19)12-8-11(16)9-13(17)15(12)20/h8-10,14,18,20H,3-7H2,1-2H3/t14-/m0/s1. The molecule has 1 saturated heterocycles. The summed E-state index contributed by atoms with van der Waals surface area (Å²) in [5, 5.41) is 14.6. The lowest BCUT2D eigenvalue weighted by atomic mass is 9.94. The topological polar surface area (TPSA) is 35.5 Å². The lowest BCUT2D eigenvalue weighted by Gasteiger charge is -2.36. The van der Waals surface area contributed by atoms with E-state index in [0.717, 1.165) is 38.2 Å². The molecule has 0 unspecified atom stereocenters. The van der Waals surface area contributed by atoms with Crippen molar-refractivity contribution < 1.29 is 5.11 Å². The zero-order chi connectivity index (χ0) is 14.7. The predicted molar refractivity (Wildman–Crippen MR) is 84.8 cm³/mol. The second-order valence-electron chi connectivity index (χ2n) is 5.76. The number of nitrogens with zero attached hydrogens (tertiary/aromatic N) is 1. The molecule has 0 bridgehead atoms. The molecule has 1 aromatic carbocycles. The molecule has 20 heavy (non-hydrogen) atoms. The molecular weight excluding hydrogens is 295 g/mol. The van der Waals surface area contributed by atoms with E-state index in [0.29, 0.717) is 16.0 Å². The quantitative estimate of drug-likeness (QED) is 0.889. The zero-order valence-electron chi connectivity index (χ0n) is 12.0. The van der Waals surface area contributed by atoms with E-state index in [-0.39, 0.29) is 11.8 Å². The maximum absolute atomic E-state index is 10.3. The lowest BCUT2D eigenvalue weighted by Crippen LogP contribution is -2.45. The highest BCUT2D eigenvalue weighted by molar-refractivity contribution is 6.35. The van der Waals surface area contributed by atoms with E-state index < -0.39 is 0 Å². The number of aromatic hydroxyl groups is 1. The van der Waals surface area contributed by atoms with Crippen molar-refractivity contribution in [1.29, 1.82) is 0 Å². The van der Waals surface area contributed by atoms with E-state index in [1.807, 2.05) is 6.07 Å². The first-order chi connectivity index (χ1) is 9.49. The van der Waals surface area contributed by atoms with Gasteiger partial charge in [0.2, 0.25) is 0 Å². The molecule has 0 aromatic heterocycles. The number of halogens is 2. The second kappa shape index (κ2) is 6.99. The molecule has 0 aliphatic carbocycles. The van der Waals surface area contributed by atoms with Crippen molar-refractivity contribution in [2.24, 2.45) is 5.92 Å². The average molecular weight is 317 g/mol. The van der Waals surface area contributed by atoms with E-state index in [2.05, 4.69) is 24.1 Å². The fraction of sp³-hybridized carbons (Fsp3) is 0.600. The van der Waals surface area contributed by atoms with Crippen LogP contribution in [0.5, 0.6) is 5.75 Å². The normalized spacial score (nSPS) is 18.4. The van der Waals surface area contributed by atoms with Crippen LogP contribution >= 0.6 is 23.2 Å². The number of nitrogens with one attached hydrogen (secondary N) is 1. The second-order valence-corrected chi connectivity index (χ2v) is 6.60. The third-order valence-corrected chi connectivity index (χ3v) is 4.21. The van der Waals surface area contributed by atoms with Crippen LogP contribution in [-0.2, 0) is 0 Å². The Labute approximate surface area is 130 Å². The minimum atomic E-state index is 0.160. The van der Waals surface area contributed by atoms with Crippen LogP contribution < -0.4 is 5.32 Å². The summed E-state index contributed by atoms with van der Waals surface area (Å²) in [6, 6.07) is 3.59. The van der Waals surface area contributed by atoms with Crippen LogP contribution in [-0.4, -0.2) is 36.2 Å². The minimum absolute atomic E-state index is 0.160. The first-order valence-corrected chi connectivity index (χ1v) is 7.87. The van der Waals surface area contributed by atoms with Crippen molar-refractivity contribution in [3.05, 3.63) is 27.7 Å². The summed E-state index contributed by atoms with van der Waals surface area (Å²) in [7, 11) is 0. The Hall–Kier alpha value is -0.480. The van der Waals surface area contributed by atoms with Gasteiger partial charge in [-0.15, -0.1) is 0 Å². The summed E-state index contributed by atoms with van der Waals surface area (Å²) in [5.41, 5.74) is 0.845. The predicted octanol–water partition coefficient (Wildman–Crippen LogP) is 3.69. The Morgan fingerprint density at radius 3 is 2.50 bits per heavy atom. The van der Waals surface area contributed by atoms with Crippen LogP contribution in [0.15, 0.2) is 12.1 Å². The first kappa shape index (κ1) is 15.9. The zero-order valence-corrected chi connectivity index (χ0v) is 13.5. The van der Waals surface area contributed by atoms with Gasteiger partial charge < -0.3 is 10.4 Å². The number of phenolic OH excluding ortho intramolecular Hbond substituents is 1. The summed E-state index contributed by atoms with van der Waals surface area (Å²) in [6.07, 6.45) is 0.976. The number of phenols is 1. The molecule has 5 heteroatoms. The summed E-state index contributed by atoms with van der Waals surface area (Å²) < 4.78 is 0. The van der Waals surface area contributed by atoms with Gasteiger partial charge in [-0.05, 0) is 24.5 Å². The number of piperazine rings is 1. The summed E-state index contributed by atoms with van der Waals surface area (Å²) in [5.74, 6) is 0.701. The Morgan fingerprint density at radius 1 is 1.25 bits per heavy atom. The van der Waals surface area contributed by atoms with E-state index in [1.54, 1.807) is 6.07 Å². The largest absolute Gasteiger partial charge is 0.506 e. The molecule has 1 aliphatic heterocycles. The fourth-order valence-corrected chi connectivity index (χ4v) is 3.26. The Morgan fingerprint density at radius 2 is 1.90 bits per heavy atom. The molecule has 1 aromatic rings. The summed E-state index contributed by atoms with van der Waals surface area (Å²) in [4.78, 5) is 2.40. The monoisotopic (exact) mass is 316 g/mol. The van der Waals surface area contributed by atoms with Crippen LogP contribution in [0.1, 0.15) is 31.9 Å². The first-order valence-electron chi connectivity index (χ1n) is 7.11. The van der Waals surface area contributed by atoms with Gasteiger partial charge in [-0.3, -0.25) is 4.90 Å². The Kier molecular flexibility index (Phi) is 5.56. The molecule has 2 rings (SSSR count). The maximum atomic E-state index is 10.3.